The standard InChI is InChI=1S/C17H22N4O3/c1-5-11-8-6-7-10(2)12(11)9-13-14(19-3)15(21(22)23)16(18)20-17(13)24-4/h6-8H,5,9H2,1-4H3,(H3,18,19,20). The summed E-state index contributed by atoms with van der Waals surface area (Å²) < 4.78 is 5.34. The third-order valence-corrected chi connectivity index (χ3v) is 4.13. The fourth-order valence-corrected chi connectivity index (χ4v) is 2.92. The first-order valence-electron chi connectivity index (χ1n) is 7.70. The number of rotatable bonds is 6. The molecule has 1 aromatic heterocycles. The highest BCUT2D eigenvalue weighted by Gasteiger charge is 2.27. The van der Waals surface area contributed by atoms with Crippen LogP contribution < -0.4 is 15.8 Å². The van der Waals surface area contributed by atoms with Gasteiger partial charge in [-0.15, -0.1) is 0 Å². The van der Waals surface area contributed by atoms with Gasteiger partial charge in [0.05, 0.1) is 12.0 Å². The number of anilines is 2. The van der Waals surface area contributed by atoms with Crippen LogP contribution in [0.1, 0.15) is 29.2 Å². The Morgan fingerprint density at radius 2 is 2.08 bits per heavy atom. The quantitative estimate of drug-likeness (QED) is 0.623. The lowest BCUT2D eigenvalue weighted by Crippen LogP contribution is -2.10. The molecule has 0 unspecified atom stereocenters. The maximum atomic E-state index is 11.4. The van der Waals surface area contributed by atoms with Gasteiger partial charge in [0.15, 0.2) is 0 Å². The Bertz CT molecular complexity index is 775. The molecule has 0 fully saturated rings. The highest BCUT2D eigenvalue weighted by atomic mass is 16.6. The number of nitrogens with one attached hydrogen (secondary N) is 1. The maximum Gasteiger partial charge on any atom is 0.334 e. The Balaban J connectivity index is 2.70. The number of hydrogen-bond donors (Lipinski definition) is 2. The molecule has 3 N–H and O–H groups in total. The molecule has 2 rings (SSSR count). The molecular weight excluding hydrogens is 308 g/mol. The van der Waals surface area contributed by atoms with Crippen molar-refractivity contribution in [1.29, 1.82) is 0 Å². The third kappa shape index (κ3) is 3.10. The van der Waals surface area contributed by atoms with Gasteiger partial charge in [-0.25, -0.2) is 0 Å². The Hall–Kier alpha value is -2.83. The van der Waals surface area contributed by atoms with E-state index in [1.54, 1.807) is 7.05 Å². The lowest BCUT2D eigenvalue weighted by atomic mass is 9.93. The molecule has 0 saturated carbocycles. The average Bonchev–Trinajstić information content (AvgIpc) is 2.56. The van der Waals surface area contributed by atoms with E-state index in [1.807, 2.05) is 19.1 Å². The molecule has 0 saturated heterocycles. The number of hydrogen-bond acceptors (Lipinski definition) is 6. The van der Waals surface area contributed by atoms with Crippen LogP contribution in [0, 0.1) is 17.0 Å². The van der Waals surface area contributed by atoms with Crippen molar-refractivity contribution in [2.75, 3.05) is 25.2 Å². The maximum absolute atomic E-state index is 11.4. The molecule has 0 spiro atoms. The van der Waals surface area contributed by atoms with Crippen LogP contribution in [0.3, 0.4) is 0 Å². The number of benzene rings is 1. The second kappa shape index (κ2) is 7.16. The van der Waals surface area contributed by atoms with Gasteiger partial charge in [0.25, 0.3) is 0 Å². The van der Waals surface area contributed by atoms with E-state index in [0.29, 0.717) is 23.6 Å². The van der Waals surface area contributed by atoms with E-state index in [0.717, 1.165) is 17.5 Å². The zero-order valence-electron chi connectivity index (χ0n) is 14.3. The van der Waals surface area contributed by atoms with Crippen molar-refractivity contribution in [2.24, 2.45) is 0 Å². The van der Waals surface area contributed by atoms with Crippen molar-refractivity contribution in [2.45, 2.75) is 26.7 Å². The lowest BCUT2D eigenvalue weighted by molar-refractivity contribution is -0.383. The van der Waals surface area contributed by atoms with Gasteiger partial charge in [0.1, 0.15) is 5.69 Å². The Kier molecular flexibility index (Phi) is 5.23. The van der Waals surface area contributed by atoms with Gasteiger partial charge in [-0.2, -0.15) is 4.98 Å². The van der Waals surface area contributed by atoms with Crippen molar-refractivity contribution in [1.82, 2.24) is 4.98 Å². The topological polar surface area (TPSA) is 103 Å². The first-order valence-corrected chi connectivity index (χ1v) is 7.70. The SMILES string of the molecule is CCc1cccc(C)c1Cc1c(OC)nc(N)c([N+](=O)[O-])c1NC. The van der Waals surface area contributed by atoms with E-state index in [2.05, 4.69) is 23.3 Å². The van der Waals surface area contributed by atoms with Gasteiger partial charge in [0.2, 0.25) is 11.7 Å². The molecule has 0 atom stereocenters. The number of methoxy groups -OCH3 is 1. The predicted octanol–water partition coefficient (Wildman–Crippen LogP) is 3.08. The Labute approximate surface area is 141 Å². The molecular formula is C17H22N4O3. The van der Waals surface area contributed by atoms with Crippen LogP contribution in [0.2, 0.25) is 0 Å². The van der Waals surface area contributed by atoms with Gasteiger partial charge in [-0.1, -0.05) is 25.1 Å². The number of nitrogen functional groups attached to an aromatic ring is 1. The minimum atomic E-state index is -0.518. The van der Waals surface area contributed by atoms with Crippen molar-refractivity contribution < 1.29 is 9.66 Å². The van der Waals surface area contributed by atoms with Crippen LogP contribution in [0.4, 0.5) is 17.2 Å². The number of nitrogens with two attached hydrogens (primary N) is 1. The monoisotopic (exact) mass is 330 g/mol. The first kappa shape index (κ1) is 17.5. The summed E-state index contributed by atoms with van der Waals surface area (Å²) in [4.78, 5) is 15.0. The van der Waals surface area contributed by atoms with E-state index < -0.39 is 4.92 Å². The molecule has 0 bridgehead atoms. The predicted molar refractivity (Wildman–Crippen MR) is 94.8 cm³/mol. The molecule has 0 radical (unpaired) electrons. The summed E-state index contributed by atoms with van der Waals surface area (Å²) in [6.45, 7) is 4.11. The number of pyridine rings is 1. The molecule has 1 aromatic carbocycles. The zero-order chi connectivity index (χ0) is 17.9. The second-order valence-electron chi connectivity index (χ2n) is 5.46. The highest BCUT2D eigenvalue weighted by Crippen LogP contribution is 2.39. The molecule has 2 aromatic rings. The van der Waals surface area contributed by atoms with Crippen LogP contribution in [-0.4, -0.2) is 24.1 Å². The van der Waals surface area contributed by atoms with E-state index in [4.69, 9.17) is 10.5 Å². The number of aromatic nitrogens is 1. The average molecular weight is 330 g/mol. The molecule has 0 aliphatic carbocycles. The zero-order valence-corrected chi connectivity index (χ0v) is 14.3. The summed E-state index contributed by atoms with van der Waals surface area (Å²) in [7, 11) is 3.11. The summed E-state index contributed by atoms with van der Waals surface area (Å²) in [5, 5.41) is 14.3. The van der Waals surface area contributed by atoms with Crippen molar-refractivity contribution in [3.05, 3.63) is 50.6 Å². The number of ether oxygens (including phenoxy) is 1. The summed E-state index contributed by atoms with van der Waals surface area (Å²) in [5.41, 5.74) is 9.94. The lowest BCUT2D eigenvalue weighted by Gasteiger charge is -2.17. The Morgan fingerprint density at radius 3 is 2.62 bits per heavy atom. The van der Waals surface area contributed by atoms with Crippen molar-refractivity contribution >= 4 is 17.2 Å². The third-order valence-electron chi connectivity index (χ3n) is 4.13. The van der Waals surface area contributed by atoms with Gasteiger partial charge < -0.3 is 15.8 Å². The minimum Gasteiger partial charge on any atom is -0.481 e. The first-order chi connectivity index (χ1) is 11.4. The highest BCUT2D eigenvalue weighted by molar-refractivity contribution is 5.77. The van der Waals surface area contributed by atoms with E-state index >= 15 is 0 Å². The molecule has 7 heteroatoms. The normalized spacial score (nSPS) is 10.5. The number of nitrogens with zero attached hydrogens (tertiary/aromatic N) is 2. The van der Waals surface area contributed by atoms with Crippen LogP contribution in [0.5, 0.6) is 5.88 Å². The van der Waals surface area contributed by atoms with Crippen LogP contribution >= 0.6 is 0 Å². The van der Waals surface area contributed by atoms with Crippen molar-refractivity contribution in [3.63, 3.8) is 0 Å². The smallest absolute Gasteiger partial charge is 0.334 e. The van der Waals surface area contributed by atoms with Crippen LogP contribution in [-0.2, 0) is 12.8 Å². The van der Waals surface area contributed by atoms with Gasteiger partial charge >= 0.3 is 5.69 Å². The summed E-state index contributed by atoms with van der Waals surface area (Å²) >= 11 is 0. The fraction of sp³-hybridized carbons (Fsp3) is 0.353. The van der Waals surface area contributed by atoms with Gasteiger partial charge in [-0.3, -0.25) is 10.1 Å². The largest absolute Gasteiger partial charge is 0.481 e. The van der Waals surface area contributed by atoms with Crippen LogP contribution in [0.25, 0.3) is 0 Å². The number of aryl methyl sites for hydroxylation is 2. The second-order valence-corrected chi connectivity index (χ2v) is 5.46. The number of nitro groups is 1. The minimum absolute atomic E-state index is 0.162. The summed E-state index contributed by atoms with van der Waals surface area (Å²) in [6.07, 6.45) is 1.35. The van der Waals surface area contributed by atoms with E-state index in [-0.39, 0.29) is 11.5 Å². The van der Waals surface area contributed by atoms with Crippen molar-refractivity contribution in [3.8, 4) is 5.88 Å². The van der Waals surface area contributed by atoms with Crippen LogP contribution in [0.15, 0.2) is 18.2 Å². The molecule has 128 valence electrons. The molecule has 0 amide bonds. The molecule has 24 heavy (non-hydrogen) atoms. The summed E-state index contributed by atoms with van der Waals surface area (Å²) in [5.74, 6) is 0.137. The Morgan fingerprint density at radius 1 is 1.38 bits per heavy atom. The molecule has 1 heterocycles. The van der Waals surface area contributed by atoms with Gasteiger partial charge in [-0.05, 0) is 30.0 Å². The van der Waals surface area contributed by atoms with E-state index in [1.165, 1.54) is 12.7 Å². The molecule has 0 aliphatic rings. The van der Waals surface area contributed by atoms with Gasteiger partial charge in [0, 0.05) is 19.0 Å². The fourth-order valence-electron chi connectivity index (χ4n) is 2.92. The summed E-state index contributed by atoms with van der Waals surface area (Å²) in [6, 6.07) is 6.10. The molecule has 0 aliphatic heterocycles. The molecule has 7 nitrogen and oxygen atoms in total. The van der Waals surface area contributed by atoms with E-state index in [9.17, 15) is 10.1 Å².